The van der Waals surface area contributed by atoms with Gasteiger partial charge in [-0.1, -0.05) is 103 Å². The number of nitrogens with zero attached hydrogens (tertiary/aromatic N) is 6. The molecule has 0 aliphatic carbocycles. The Hall–Kier alpha value is -8.84. The van der Waals surface area contributed by atoms with Gasteiger partial charge >= 0.3 is 0 Å². The summed E-state index contributed by atoms with van der Waals surface area (Å²) in [7, 11) is 0. The molecule has 0 N–H and O–H groups in total. The summed E-state index contributed by atoms with van der Waals surface area (Å²) in [5.41, 5.74) is 14.2. The summed E-state index contributed by atoms with van der Waals surface area (Å²) in [5.74, 6) is 0. The van der Waals surface area contributed by atoms with Gasteiger partial charge in [0.25, 0.3) is 0 Å². The maximum Gasteiger partial charge on any atom is 0.189 e. The molecule has 0 bridgehead atoms. The molecule has 13 rings (SSSR count). The van der Waals surface area contributed by atoms with E-state index in [0.717, 1.165) is 56.2 Å². The van der Waals surface area contributed by atoms with Gasteiger partial charge in [-0.15, -0.1) is 0 Å². The molecule has 0 radical (unpaired) electrons. The summed E-state index contributed by atoms with van der Waals surface area (Å²) in [6, 6.07) is 70.4. The van der Waals surface area contributed by atoms with Crippen LogP contribution in [0.3, 0.4) is 0 Å². The largest absolute Gasteiger partial charge is 0.311 e. The highest BCUT2D eigenvalue weighted by Crippen LogP contribution is 2.51. The molecule has 0 aliphatic heterocycles. The average Bonchev–Trinajstić information content (AvgIpc) is 4.06. The molecule has 0 saturated carbocycles. The predicted octanol–water partition coefficient (Wildman–Crippen LogP) is 15.3. The Morgan fingerprint density at radius 1 is 0.403 bits per heavy atom. The van der Waals surface area contributed by atoms with Crippen molar-refractivity contribution in [1.29, 1.82) is 5.26 Å². The van der Waals surface area contributed by atoms with E-state index in [4.69, 9.17) is 6.57 Å². The van der Waals surface area contributed by atoms with E-state index in [1.807, 2.05) is 48.5 Å². The number of hydrogen-bond donors (Lipinski definition) is 0. The van der Waals surface area contributed by atoms with Gasteiger partial charge in [-0.05, 0) is 91.0 Å². The van der Waals surface area contributed by atoms with E-state index in [9.17, 15) is 5.26 Å². The molecule has 13 aromatic rings. The highest BCUT2D eigenvalue weighted by atomic mass is 15.2. The number of anilines is 6. The molecule has 6 heteroatoms. The Kier molecular flexibility index (Phi) is 7.05. The van der Waals surface area contributed by atoms with Crippen LogP contribution in [0.4, 0.5) is 39.8 Å². The van der Waals surface area contributed by atoms with Gasteiger partial charge in [0.05, 0.1) is 62.7 Å². The third-order valence-corrected chi connectivity index (χ3v) is 12.7. The summed E-state index contributed by atoms with van der Waals surface area (Å²) < 4.78 is 4.93. The SMILES string of the molecule is [C-]#[N+]c1cccc(N(c2ccccc2)c2ccc3c4cc5c(cc4n4c6ccccc6c2c34)c2ccc(N(c3ccccc3)c3cccc(C#N)c3)c3c4ccccc4n5c23)c1. The number of para-hydroxylation sites is 4. The van der Waals surface area contributed by atoms with E-state index in [-0.39, 0.29) is 0 Å². The Balaban J connectivity index is 1.12. The molecule has 0 amide bonds. The van der Waals surface area contributed by atoms with Crippen LogP contribution < -0.4 is 9.80 Å². The first-order chi connectivity index (χ1) is 30.7. The highest BCUT2D eigenvalue weighted by molar-refractivity contribution is 6.32. The minimum absolute atomic E-state index is 0.602. The van der Waals surface area contributed by atoms with Crippen molar-refractivity contribution in [3.8, 4) is 6.07 Å². The smallest absolute Gasteiger partial charge is 0.189 e. The first-order valence-corrected chi connectivity index (χ1v) is 20.7. The first-order valence-electron chi connectivity index (χ1n) is 20.7. The summed E-state index contributed by atoms with van der Waals surface area (Å²) in [4.78, 5) is 8.37. The first kappa shape index (κ1) is 34.1. The van der Waals surface area contributed by atoms with Crippen LogP contribution in [0, 0.1) is 17.9 Å². The van der Waals surface area contributed by atoms with E-state index in [2.05, 4.69) is 175 Å². The zero-order valence-electron chi connectivity index (χ0n) is 33.2. The number of nitriles is 1. The zero-order chi connectivity index (χ0) is 41.1. The van der Waals surface area contributed by atoms with Gasteiger partial charge in [0.15, 0.2) is 5.69 Å². The fourth-order valence-corrected chi connectivity index (χ4v) is 10.3. The predicted molar refractivity (Wildman–Crippen MR) is 256 cm³/mol. The number of hydrogen-bond acceptors (Lipinski definition) is 3. The number of aromatic nitrogens is 2. The van der Waals surface area contributed by atoms with Crippen LogP contribution in [0.15, 0.2) is 194 Å². The van der Waals surface area contributed by atoms with E-state index in [1.165, 1.54) is 54.1 Å². The second-order valence-electron chi connectivity index (χ2n) is 15.9. The number of rotatable bonds is 6. The van der Waals surface area contributed by atoms with Crippen LogP contribution in [0.2, 0.25) is 0 Å². The monoisotopic (exact) mass is 788 g/mol. The molecule has 0 spiro atoms. The van der Waals surface area contributed by atoms with E-state index in [0.29, 0.717) is 11.3 Å². The van der Waals surface area contributed by atoms with Crippen molar-refractivity contribution in [2.75, 3.05) is 9.80 Å². The molecule has 62 heavy (non-hydrogen) atoms. The lowest BCUT2D eigenvalue weighted by Crippen LogP contribution is -2.10. The molecule has 6 nitrogen and oxygen atoms in total. The standard InChI is InChI=1S/C56H32N6/c1-58-36-15-13-21-40(31-36)60(38-18-6-3-7-19-38)50-29-27-42-46-33-51-45(32-52(46)62-48-25-11-9-23-44(48)54(50)56(42)62)41-26-28-49(53-43-22-8-10-24-47(43)61(51)55(41)53)59(37-16-4-2-5-17-37)39-20-12-14-35(30-39)34-57/h2-33H. The van der Waals surface area contributed by atoms with Gasteiger partial charge in [0.2, 0.25) is 0 Å². The fraction of sp³-hybridized carbons (Fsp3) is 0. The van der Waals surface area contributed by atoms with Gasteiger partial charge in [-0.2, -0.15) is 5.26 Å². The summed E-state index contributed by atoms with van der Waals surface area (Å²) in [6.07, 6.45) is 0. The third-order valence-electron chi connectivity index (χ3n) is 12.7. The molecule has 9 aromatic carbocycles. The lowest BCUT2D eigenvalue weighted by molar-refractivity contribution is 1.29. The second kappa shape index (κ2) is 12.8. The molecule has 286 valence electrons. The molecule has 4 heterocycles. The van der Waals surface area contributed by atoms with Gasteiger partial charge < -0.3 is 18.6 Å². The molecule has 4 aromatic heterocycles. The Bertz CT molecular complexity index is 3750. The van der Waals surface area contributed by atoms with Crippen molar-refractivity contribution in [3.05, 3.63) is 211 Å². The van der Waals surface area contributed by atoms with Crippen LogP contribution >= 0.6 is 0 Å². The lowest BCUT2D eigenvalue weighted by Gasteiger charge is -2.26. The van der Waals surface area contributed by atoms with Gasteiger partial charge in [0, 0.05) is 65.8 Å². The summed E-state index contributed by atoms with van der Waals surface area (Å²) in [6.45, 7) is 7.82. The normalized spacial score (nSPS) is 11.8. The molecular formula is C56H32N6. The maximum absolute atomic E-state index is 9.94. The van der Waals surface area contributed by atoms with E-state index in [1.54, 1.807) is 0 Å². The number of benzene rings is 9. The van der Waals surface area contributed by atoms with Crippen molar-refractivity contribution in [2.45, 2.75) is 0 Å². The minimum atomic E-state index is 0.602. The lowest BCUT2D eigenvalue weighted by atomic mass is 10.0. The Morgan fingerprint density at radius 2 is 0.871 bits per heavy atom. The molecule has 0 unspecified atom stereocenters. The van der Waals surface area contributed by atoms with Crippen molar-refractivity contribution in [1.82, 2.24) is 8.80 Å². The molecular weight excluding hydrogens is 757 g/mol. The van der Waals surface area contributed by atoms with Crippen LogP contribution in [0.1, 0.15) is 5.56 Å². The van der Waals surface area contributed by atoms with Gasteiger partial charge in [0.1, 0.15) is 0 Å². The summed E-state index contributed by atoms with van der Waals surface area (Å²) in [5, 5.41) is 19.4. The molecule has 0 aliphatic rings. The molecule has 0 saturated heterocycles. The van der Waals surface area contributed by atoms with Crippen LogP contribution in [-0.4, -0.2) is 8.80 Å². The fourth-order valence-electron chi connectivity index (χ4n) is 10.3. The second-order valence-corrected chi connectivity index (χ2v) is 15.9. The third kappa shape index (κ3) is 4.61. The van der Waals surface area contributed by atoms with Crippen LogP contribution in [0.5, 0.6) is 0 Å². The van der Waals surface area contributed by atoms with Crippen LogP contribution in [-0.2, 0) is 0 Å². The summed E-state index contributed by atoms with van der Waals surface area (Å²) >= 11 is 0. The van der Waals surface area contributed by atoms with Crippen molar-refractivity contribution >= 4 is 116 Å². The maximum atomic E-state index is 9.94. The van der Waals surface area contributed by atoms with Crippen LogP contribution in [0.25, 0.3) is 81.0 Å². The topological polar surface area (TPSA) is 43.5 Å². The van der Waals surface area contributed by atoms with Crippen molar-refractivity contribution < 1.29 is 0 Å². The van der Waals surface area contributed by atoms with Crippen molar-refractivity contribution in [3.63, 3.8) is 0 Å². The van der Waals surface area contributed by atoms with Crippen molar-refractivity contribution in [2.24, 2.45) is 0 Å². The van der Waals surface area contributed by atoms with E-state index >= 15 is 0 Å². The Labute approximate surface area is 355 Å². The quantitative estimate of drug-likeness (QED) is 0.158. The number of fused-ring (bicyclic) bond motifs is 12. The highest BCUT2D eigenvalue weighted by Gasteiger charge is 2.28. The minimum Gasteiger partial charge on any atom is -0.311 e. The molecule has 0 fully saturated rings. The van der Waals surface area contributed by atoms with Gasteiger partial charge in [-0.3, -0.25) is 0 Å². The zero-order valence-corrected chi connectivity index (χ0v) is 33.2. The van der Waals surface area contributed by atoms with E-state index < -0.39 is 0 Å². The molecule has 0 atom stereocenters. The average molecular weight is 789 g/mol. The van der Waals surface area contributed by atoms with Gasteiger partial charge in [-0.25, -0.2) is 4.85 Å². The Morgan fingerprint density at radius 3 is 1.39 bits per heavy atom.